The highest BCUT2D eigenvalue weighted by atomic mass is 35.5. The molecule has 2 aromatic rings. The van der Waals surface area contributed by atoms with Gasteiger partial charge in [0.15, 0.2) is 0 Å². The second-order valence-electron chi connectivity index (χ2n) is 5.77. The van der Waals surface area contributed by atoms with Crippen LogP contribution in [0, 0.1) is 5.92 Å². The molecule has 2 aromatic carbocycles. The van der Waals surface area contributed by atoms with Gasteiger partial charge in [-0.1, -0.05) is 29.3 Å². The molecule has 130 valence electrons. The van der Waals surface area contributed by atoms with E-state index in [1.807, 2.05) is 6.07 Å². The van der Waals surface area contributed by atoms with Crippen LogP contribution in [0.5, 0.6) is 5.75 Å². The summed E-state index contributed by atoms with van der Waals surface area (Å²) in [5.41, 5.74) is 1.55. The predicted molar refractivity (Wildman–Crippen MR) is 95.3 cm³/mol. The minimum absolute atomic E-state index is 0.0326. The summed E-state index contributed by atoms with van der Waals surface area (Å²) in [6.07, 6.45) is 0.0326. The summed E-state index contributed by atoms with van der Waals surface area (Å²) in [5.74, 6) is -1.15. The average molecular weight is 380 g/mol. The van der Waals surface area contributed by atoms with Gasteiger partial charge in [-0.25, -0.2) is 0 Å². The minimum atomic E-state index is -0.947. The number of anilines is 1. The van der Waals surface area contributed by atoms with Gasteiger partial charge in [0, 0.05) is 18.7 Å². The van der Waals surface area contributed by atoms with Crippen LogP contribution in [0.2, 0.25) is 10.0 Å². The van der Waals surface area contributed by atoms with Gasteiger partial charge in [-0.3, -0.25) is 9.59 Å². The van der Waals surface area contributed by atoms with Crippen molar-refractivity contribution in [2.24, 2.45) is 5.92 Å². The van der Waals surface area contributed by atoms with E-state index in [0.29, 0.717) is 28.1 Å². The lowest BCUT2D eigenvalue weighted by atomic mass is 10.1. The van der Waals surface area contributed by atoms with E-state index in [-0.39, 0.29) is 18.9 Å². The van der Waals surface area contributed by atoms with Gasteiger partial charge >= 0.3 is 5.97 Å². The van der Waals surface area contributed by atoms with Crippen molar-refractivity contribution in [1.29, 1.82) is 0 Å². The summed E-state index contributed by atoms with van der Waals surface area (Å²) in [6, 6.07) is 12.3. The molecule has 0 bridgehead atoms. The van der Waals surface area contributed by atoms with Crippen molar-refractivity contribution in [3.05, 3.63) is 58.1 Å². The molecule has 0 aromatic heterocycles. The van der Waals surface area contributed by atoms with Crippen molar-refractivity contribution in [3.63, 3.8) is 0 Å². The highest BCUT2D eigenvalue weighted by Gasteiger charge is 2.34. The summed E-state index contributed by atoms with van der Waals surface area (Å²) in [6.45, 7) is 0.525. The van der Waals surface area contributed by atoms with E-state index in [1.54, 1.807) is 36.4 Å². The Balaban J connectivity index is 1.63. The largest absolute Gasteiger partial charge is 0.489 e. The Morgan fingerprint density at radius 1 is 1.16 bits per heavy atom. The Morgan fingerprint density at radius 2 is 1.88 bits per heavy atom. The fourth-order valence-corrected chi connectivity index (χ4v) is 2.96. The second kappa shape index (κ2) is 7.33. The summed E-state index contributed by atoms with van der Waals surface area (Å²) >= 11 is 11.8. The van der Waals surface area contributed by atoms with Crippen LogP contribution in [0.15, 0.2) is 42.5 Å². The standard InChI is InChI=1S/C18H15Cl2NO4/c19-15-6-1-11(7-16(15)20)10-25-14-4-2-13(3-5-14)21-9-12(18(23)24)8-17(21)22/h1-7,12H,8-10H2,(H,23,24)/t12-/m1/s1. The highest BCUT2D eigenvalue weighted by molar-refractivity contribution is 6.42. The molecule has 0 unspecified atom stereocenters. The van der Waals surface area contributed by atoms with Crippen molar-refractivity contribution in [2.45, 2.75) is 13.0 Å². The lowest BCUT2D eigenvalue weighted by molar-refractivity contribution is -0.141. The zero-order valence-corrected chi connectivity index (χ0v) is 14.6. The maximum atomic E-state index is 12.0. The van der Waals surface area contributed by atoms with Gasteiger partial charge in [0.1, 0.15) is 12.4 Å². The SMILES string of the molecule is O=C(O)[C@@H]1CC(=O)N(c2ccc(OCc3ccc(Cl)c(Cl)c3)cc2)C1. The molecule has 1 aliphatic rings. The number of carbonyl (C=O) groups is 2. The molecular weight excluding hydrogens is 365 g/mol. The number of rotatable bonds is 5. The number of halogens is 2. The second-order valence-corrected chi connectivity index (χ2v) is 6.59. The van der Waals surface area contributed by atoms with Gasteiger partial charge in [0.05, 0.1) is 16.0 Å². The molecule has 5 nitrogen and oxygen atoms in total. The molecular formula is C18H15Cl2NO4. The third kappa shape index (κ3) is 4.06. The van der Waals surface area contributed by atoms with Crippen LogP contribution in [0.25, 0.3) is 0 Å². The van der Waals surface area contributed by atoms with Crippen molar-refractivity contribution >= 4 is 40.8 Å². The van der Waals surface area contributed by atoms with Gasteiger partial charge in [-0.15, -0.1) is 0 Å². The maximum absolute atomic E-state index is 12.0. The molecule has 7 heteroatoms. The molecule has 0 spiro atoms. The predicted octanol–water partition coefficient (Wildman–Crippen LogP) is 4.01. The van der Waals surface area contributed by atoms with Crippen molar-refractivity contribution in [1.82, 2.24) is 0 Å². The number of amides is 1. The van der Waals surface area contributed by atoms with Crippen LogP contribution in [0.4, 0.5) is 5.69 Å². The number of hydrogen-bond donors (Lipinski definition) is 1. The molecule has 1 atom stereocenters. The van der Waals surface area contributed by atoms with Crippen molar-refractivity contribution < 1.29 is 19.4 Å². The first-order valence-electron chi connectivity index (χ1n) is 7.64. The normalized spacial score (nSPS) is 17.0. The van der Waals surface area contributed by atoms with Crippen molar-refractivity contribution in [2.75, 3.05) is 11.4 Å². The van der Waals surface area contributed by atoms with Gasteiger partial charge < -0.3 is 14.7 Å². The van der Waals surface area contributed by atoms with E-state index >= 15 is 0 Å². The number of carboxylic acid groups (broad SMARTS) is 1. The Labute approximate surface area is 154 Å². The first-order valence-corrected chi connectivity index (χ1v) is 8.39. The minimum Gasteiger partial charge on any atom is -0.489 e. The molecule has 3 rings (SSSR count). The number of nitrogens with zero attached hydrogens (tertiary/aromatic N) is 1. The van der Waals surface area contributed by atoms with E-state index < -0.39 is 11.9 Å². The van der Waals surface area contributed by atoms with Crippen LogP contribution < -0.4 is 9.64 Å². The Morgan fingerprint density at radius 3 is 2.48 bits per heavy atom. The first kappa shape index (κ1) is 17.6. The maximum Gasteiger partial charge on any atom is 0.308 e. The van der Waals surface area contributed by atoms with E-state index in [0.717, 1.165) is 5.56 Å². The van der Waals surface area contributed by atoms with Crippen LogP contribution >= 0.6 is 23.2 Å². The van der Waals surface area contributed by atoms with Crippen LogP contribution in [-0.2, 0) is 16.2 Å². The Kier molecular flexibility index (Phi) is 5.16. The molecule has 1 N–H and O–H groups in total. The molecule has 0 aliphatic carbocycles. The Hall–Kier alpha value is -2.24. The molecule has 0 saturated carbocycles. The van der Waals surface area contributed by atoms with Crippen LogP contribution in [-0.4, -0.2) is 23.5 Å². The zero-order valence-electron chi connectivity index (χ0n) is 13.1. The average Bonchev–Trinajstić information content (AvgIpc) is 2.99. The highest BCUT2D eigenvalue weighted by Crippen LogP contribution is 2.28. The van der Waals surface area contributed by atoms with Crippen LogP contribution in [0.3, 0.4) is 0 Å². The third-order valence-electron chi connectivity index (χ3n) is 4.01. The Bertz CT molecular complexity index is 807. The number of hydrogen-bond acceptors (Lipinski definition) is 3. The number of carboxylic acids is 1. The van der Waals surface area contributed by atoms with E-state index in [9.17, 15) is 9.59 Å². The summed E-state index contributed by atoms with van der Waals surface area (Å²) in [4.78, 5) is 24.5. The summed E-state index contributed by atoms with van der Waals surface area (Å²) in [5, 5.41) is 10.00. The lowest BCUT2D eigenvalue weighted by Crippen LogP contribution is -2.25. The monoisotopic (exact) mass is 379 g/mol. The third-order valence-corrected chi connectivity index (χ3v) is 4.75. The number of carbonyl (C=O) groups excluding carboxylic acids is 1. The molecule has 1 amide bonds. The lowest BCUT2D eigenvalue weighted by Gasteiger charge is -2.16. The zero-order chi connectivity index (χ0) is 18.0. The number of benzene rings is 2. The van der Waals surface area contributed by atoms with E-state index in [2.05, 4.69) is 0 Å². The number of ether oxygens (including phenoxy) is 1. The van der Waals surface area contributed by atoms with Gasteiger partial charge in [0.2, 0.25) is 5.91 Å². The van der Waals surface area contributed by atoms with Gasteiger partial charge in [-0.05, 0) is 42.0 Å². The van der Waals surface area contributed by atoms with Crippen molar-refractivity contribution in [3.8, 4) is 5.75 Å². The van der Waals surface area contributed by atoms with Crippen LogP contribution in [0.1, 0.15) is 12.0 Å². The first-order chi connectivity index (χ1) is 11.9. The molecule has 1 fully saturated rings. The van der Waals surface area contributed by atoms with E-state index in [1.165, 1.54) is 4.90 Å². The molecule has 1 aliphatic heterocycles. The molecule has 0 radical (unpaired) electrons. The molecule has 25 heavy (non-hydrogen) atoms. The molecule has 1 heterocycles. The fourth-order valence-electron chi connectivity index (χ4n) is 2.64. The quantitative estimate of drug-likeness (QED) is 0.851. The van der Waals surface area contributed by atoms with E-state index in [4.69, 9.17) is 33.0 Å². The van der Waals surface area contributed by atoms with Gasteiger partial charge in [0.25, 0.3) is 0 Å². The summed E-state index contributed by atoms with van der Waals surface area (Å²) < 4.78 is 5.69. The number of aliphatic carboxylic acids is 1. The fraction of sp³-hybridized carbons (Fsp3) is 0.222. The van der Waals surface area contributed by atoms with Gasteiger partial charge in [-0.2, -0.15) is 0 Å². The topological polar surface area (TPSA) is 66.8 Å². The summed E-state index contributed by atoms with van der Waals surface area (Å²) in [7, 11) is 0. The molecule has 1 saturated heterocycles. The smallest absolute Gasteiger partial charge is 0.308 e.